The summed E-state index contributed by atoms with van der Waals surface area (Å²) in [6, 6.07) is 17.5. The van der Waals surface area contributed by atoms with Gasteiger partial charge < -0.3 is 0 Å². The minimum absolute atomic E-state index is 0.438. The molecule has 0 fully saturated rings. The van der Waals surface area contributed by atoms with Crippen LogP contribution in [0.4, 0.5) is 0 Å². The Hall–Kier alpha value is 0.360. The van der Waals surface area contributed by atoms with Crippen LogP contribution in [0.3, 0.4) is 0 Å². The van der Waals surface area contributed by atoms with Crippen molar-refractivity contribution in [1.82, 2.24) is 0 Å². The highest BCUT2D eigenvalue weighted by Crippen LogP contribution is 2.61. The van der Waals surface area contributed by atoms with E-state index in [2.05, 4.69) is 112 Å². The highest BCUT2D eigenvalue weighted by molar-refractivity contribution is 9.29. The summed E-state index contributed by atoms with van der Waals surface area (Å²) >= 11 is 15.3. The Bertz CT molecular complexity index is 554. The molecule has 0 atom stereocenters. The van der Waals surface area contributed by atoms with Crippen LogP contribution in [0.25, 0.3) is 0 Å². The Kier molecular flexibility index (Phi) is 4.22. The van der Waals surface area contributed by atoms with Crippen LogP contribution in [0, 0.1) is 0 Å². The number of benzene rings is 2. The molecule has 0 N–H and O–H groups in total. The molecule has 0 aromatic heterocycles. The van der Waals surface area contributed by atoms with Crippen molar-refractivity contribution in [3.63, 3.8) is 0 Å². The lowest BCUT2D eigenvalue weighted by molar-refractivity contribution is 0.834. The van der Waals surface area contributed by atoms with Crippen LogP contribution in [0.5, 0.6) is 0 Å². The molecule has 0 heterocycles. The largest absolute Gasteiger partial charge is 0.134 e. The standard InChI is InChI=1S/C16H12Br4/c17-15(18)13-7-3-11(4-8-13)1-2-12-5-9-14(10-6-12)16(15,19)20/h3-10H,1-2H2. The first-order chi connectivity index (χ1) is 9.41. The van der Waals surface area contributed by atoms with Gasteiger partial charge in [-0.05, 0) is 35.1 Å². The van der Waals surface area contributed by atoms with Crippen molar-refractivity contribution in [2.75, 3.05) is 0 Å². The molecule has 4 bridgehead atoms. The molecule has 4 heteroatoms. The average molecular weight is 524 g/mol. The van der Waals surface area contributed by atoms with Gasteiger partial charge in [0.2, 0.25) is 0 Å². The molecule has 20 heavy (non-hydrogen) atoms. The van der Waals surface area contributed by atoms with Gasteiger partial charge in [0.15, 0.2) is 0 Å². The number of hydrogen-bond acceptors (Lipinski definition) is 0. The molecule has 0 nitrogen and oxygen atoms in total. The molecule has 0 radical (unpaired) electrons. The van der Waals surface area contributed by atoms with E-state index in [1.54, 1.807) is 0 Å². The molecule has 0 amide bonds. The minimum atomic E-state index is -0.438. The Morgan fingerprint density at radius 2 is 0.850 bits per heavy atom. The number of aryl methyl sites for hydroxylation is 2. The van der Waals surface area contributed by atoms with Gasteiger partial charge >= 0.3 is 0 Å². The van der Waals surface area contributed by atoms with E-state index >= 15 is 0 Å². The first-order valence-electron chi connectivity index (χ1n) is 6.36. The molecule has 0 saturated carbocycles. The summed E-state index contributed by atoms with van der Waals surface area (Å²) in [7, 11) is 0. The van der Waals surface area contributed by atoms with Crippen molar-refractivity contribution in [2.45, 2.75) is 19.3 Å². The normalized spacial score (nSPS) is 19.4. The molecule has 0 unspecified atom stereocenters. The summed E-state index contributed by atoms with van der Waals surface area (Å²) in [6.45, 7) is 0. The maximum absolute atomic E-state index is 3.83. The number of alkyl halides is 4. The van der Waals surface area contributed by atoms with Crippen LogP contribution >= 0.6 is 63.7 Å². The van der Waals surface area contributed by atoms with E-state index < -0.39 is 6.47 Å². The predicted molar refractivity (Wildman–Crippen MR) is 99.4 cm³/mol. The van der Waals surface area contributed by atoms with Crippen LogP contribution in [0.2, 0.25) is 0 Å². The molecule has 4 aliphatic carbocycles. The Morgan fingerprint density at radius 1 is 0.550 bits per heavy atom. The van der Waals surface area contributed by atoms with Gasteiger partial charge in [0.1, 0.15) is 6.47 Å². The van der Waals surface area contributed by atoms with E-state index in [4.69, 9.17) is 0 Å². The van der Waals surface area contributed by atoms with Crippen LogP contribution in [0.15, 0.2) is 48.5 Å². The van der Waals surface area contributed by atoms with Gasteiger partial charge in [0.05, 0.1) is 0 Å². The summed E-state index contributed by atoms with van der Waals surface area (Å²) in [5.41, 5.74) is 5.06. The molecule has 2 aromatic carbocycles. The third-order valence-corrected chi connectivity index (χ3v) is 10.1. The summed E-state index contributed by atoms with van der Waals surface area (Å²) in [4.78, 5) is 0. The average Bonchev–Trinajstić information content (AvgIpc) is 2.45. The van der Waals surface area contributed by atoms with E-state index in [0.29, 0.717) is 0 Å². The second-order valence-electron chi connectivity index (χ2n) is 5.04. The molecule has 6 rings (SSSR count). The predicted octanol–water partition coefficient (Wildman–Crippen LogP) is 6.37. The van der Waals surface area contributed by atoms with Crippen molar-refractivity contribution in [2.24, 2.45) is 0 Å². The lowest BCUT2D eigenvalue weighted by Crippen LogP contribution is -2.29. The first kappa shape index (κ1) is 15.3. The Morgan fingerprint density at radius 3 is 1.15 bits per heavy atom. The lowest BCUT2D eigenvalue weighted by atomic mass is 9.96. The highest BCUT2D eigenvalue weighted by atomic mass is 79.9. The fourth-order valence-electron chi connectivity index (χ4n) is 2.41. The van der Waals surface area contributed by atoms with E-state index in [1.807, 2.05) is 0 Å². The summed E-state index contributed by atoms with van der Waals surface area (Å²) in [6.07, 6.45) is 2.15. The van der Waals surface area contributed by atoms with Crippen molar-refractivity contribution >= 4 is 63.7 Å². The molecule has 4 aliphatic rings. The zero-order valence-electron chi connectivity index (χ0n) is 10.5. The molecular weight excluding hydrogens is 512 g/mol. The summed E-state index contributed by atoms with van der Waals surface area (Å²) in [5.74, 6) is 0. The molecule has 0 spiro atoms. The minimum Gasteiger partial charge on any atom is -0.0645 e. The van der Waals surface area contributed by atoms with Crippen LogP contribution in [0.1, 0.15) is 22.3 Å². The van der Waals surface area contributed by atoms with Crippen molar-refractivity contribution in [3.8, 4) is 0 Å². The zero-order chi connectivity index (χ0) is 14.4. The van der Waals surface area contributed by atoms with E-state index in [0.717, 1.165) is 12.8 Å². The Balaban J connectivity index is 2.21. The molecular formula is C16H12Br4. The third kappa shape index (κ3) is 2.57. The molecule has 0 aliphatic heterocycles. The van der Waals surface area contributed by atoms with Crippen LogP contribution in [-0.4, -0.2) is 0 Å². The second-order valence-corrected chi connectivity index (χ2v) is 11.9. The summed E-state index contributed by atoms with van der Waals surface area (Å²) < 4.78 is -0.877. The van der Waals surface area contributed by atoms with Crippen molar-refractivity contribution in [1.29, 1.82) is 0 Å². The van der Waals surface area contributed by atoms with Gasteiger partial charge in [0.25, 0.3) is 0 Å². The van der Waals surface area contributed by atoms with E-state index in [9.17, 15) is 0 Å². The van der Waals surface area contributed by atoms with E-state index in [-0.39, 0.29) is 0 Å². The topological polar surface area (TPSA) is 0 Å². The maximum Gasteiger partial charge on any atom is 0.134 e. The van der Waals surface area contributed by atoms with Crippen molar-refractivity contribution in [3.05, 3.63) is 70.8 Å². The quantitative estimate of drug-likeness (QED) is 0.352. The van der Waals surface area contributed by atoms with Crippen molar-refractivity contribution < 1.29 is 0 Å². The van der Waals surface area contributed by atoms with Gasteiger partial charge in [-0.2, -0.15) is 0 Å². The van der Waals surface area contributed by atoms with Gasteiger partial charge in [-0.25, -0.2) is 0 Å². The number of rotatable bonds is 0. The Labute approximate surface area is 152 Å². The number of hydrogen-bond donors (Lipinski definition) is 0. The van der Waals surface area contributed by atoms with Gasteiger partial charge in [-0.15, -0.1) is 0 Å². The SMILES string of the molecule is BrC1(Br)c2ccc(cc2)CCc2ccc(cc2)C1(Br)Br. The third-order valence-electron chi connectivity index (χ3n) is 3.73. The van der Waals surface area contributed by atoms with Crippen LogP contribution < -0.4 is 0 Å². The van der Waals surface area contributed by atoms with Crippen LogP contribution in [-0.2, 0) is 19.3 Å². The number of halogens is 4. The fourth-order valence-corrected chi connectivity index (χ4v) is 4.39. The van der Waals surface area contributed by atoms with Gasteiger partial charge in [-0.1, -0.05) is 112 Å². The monoisotopic (exact) mass is 520 g/mol. The smallest absolute Gasteiger partial charge is 0.0645 e. The summed E-state index contributed by atoms with van der Waals surface area (Å²) in [5, 5.41) is 0. The van der Waals surface area contributed by atoms with Gasteiger partial charge in [0, 0.05) is 0 Å². The zero-order valence-corrected chi connectivity index (χ0v) is 16.9. The molecule has 0 saturated heterocycles. The lowest BCUT2D eigenvalue weighted by Gasteiger charge is -2.36. The van der Waals surface area contributed by atoms with E-state index in [1.165, 1.54) is 22.3 Å². The van der Waals surface area contributed by atoms with Gasteiger partial charge in [-0.3, -0.25) is 0 Å². The first-order valence-corrected chi connectivity index (χ1v) is 9.53. The second kappa shape index (κ2) is 5.53. The molecule has 104 valence electrons. The fraction of sp³-hybridized carbons (Fsp3) is 0.250. The molecule has 2 aromatic rings. The maximum atomic E-state index is 3.83. The highest BCUT2D eigenvalue weighted by Gasteiger charge is 2.47.